The van der Waals surface area contributed by atoms with Gasteiger partial charge in [0.25, 0.3) is 0 Å². The molecule has 0 aliphatic carbocycles. The summed E-state index contributed by atoms with van der Waals surface area (Å²) in [6.07, 6.45) is 3.45. The largest absolute Gasteiger partial charge is 0.468 e. The van der Waals surface area contributed by atoms with E-state index in [1.54, 1.807) is 45.0 Å². The van der Waals surface area contributed by atoms with Crippen LogP contribution in [0.4, 0.5) is 4.79 Å². The highest BCUT2D eigenvalue weighted by molar-refractivity contribution is 5.96. The SMILES string of the molecule is C=CCN(CC(=O)N[C@@H](CC(C)C)C(=O)N1CCC[C@H]1C(=O)N[C@@H](C)C(=O)N[C@@H](Cc1ccccc1)C(=O)N(CC=C)CC(=O)OC)C(=O)OC(C)(C)C. The van der Waals surface area contributed by atoms with Crippen molar-refractivity contribution in [1.29, 1.82) is 0 Å². The van der Waals surface area contributed by atoms with E-state index in [2.05, 4.69) is 29.1 Å². The lowest BCUT2D eigenvalue weighted by molar-refractivity contribution is -0.147. The number of benzene rings is 1. The molecule has 0 unspecified atom stereocenters. The maximum Gasteiger partial charge on any atom is 0.411 e. The maximum atomic E-state index is 13.9. The summed E-state index contributed by atoms with van der Waals surface area (Å²) >= 11 is 0. The topological polar surface area (TPSA) is 184 Å². The van der Waals surface area contributed by atoms with Crippen LogP contribution in [0.15, 0.2) is 55.6 Å². The summed E-state index contributed by atoms with van der Waals surface area (Å²) in [5, 5.41) is 8.17. The van der Waals surface area contributed by atoms with Gasteiger partial charge in [-0.3, -0.25) is 33.7 Å². The van der Waals surface area contributed by atoms with Crippen molar-refractivity contribution in [3.63, 3.8) is 0 Å². The number of hydrogen-bond acceptors (Lipinski definition) is 9. The Labute approximate surface area is 318 Å². The zero-order chi connectivity index (χ0) is 40.6. The molecule has 6 amide bonds. The third-order valence-electron chi connectivity index (χ3n) is 8.37. The van der Waals surface area contributed by atoms with E-state index < -0.39 is 71.4 Å². The van der Waals surface area contributed by atoms with Crippen molar-refractivity contribution in [3.05, 3.63) is 61.2 Å². The first-order chi connectivity index (χ1) is 25.4. The quantitative estimate of drug-likeness (QED) is 0.141. The smallest absolute Gasteiger partial charge is 0.411 e. The fourth-order valence-electron chi connectivity index (χ4n) is 5.85. The van der Waals surface area contributed by atoms with E-state index in [4.69, 9.17) is 9.47 Å². The molecule has 1 aliphatic rings. The first-order valence-electron chi connectivity index (χ1n) is 18.2. The van der Waals surface area contributed by atoms with Crippen LogP contribution in [-0.4, -0.2) is 126 Å². The number of methoxy groups -OCH3 is 1. The molecule has 1 aromatic rings. The van der Waals surface area contributed by atoms with E-state index in [0.29, 0.717) is 12.8 Å². The number of nitrogens with one attached hydrogen (secondary N) is 3. The lowest BCUT2D eigenvalue weighted by Gasteiger charge is -2.31. The van der Waals surface area contributed by atoms with E-state index in [1.807, 2.05) is 19.9 Å². The highest BCUT2D eigenvalue weighted by Crippen LogP contribution is 2.21. The van der Waals surface area contributed by atoms with Gasteiger partial charge in [0.1, 0.15) is 42.9 Å². The van der Waals surface area contributed by atoms with Crippen LogP contribution in [0, 0.1) is 5.92 Å². The number of rotatable bonds is 19. The minimum absolute atomic E-state index is 0.00505. The monoisotopic (exact) mass is 754 g/mol. The predicted octanol–water partition coefficient (Wildman–Crippen LogP) is 2.35. The lowest BCUT2D eigenvalue weighted by atomic mass is 10.0. The Morgan fingerprint density at radius 3 is 2.11 bits per heavy atom. The van der Waals surface area contributed by atoms with Crippen molar-refractivity contribution in [2.75, 3.05) is 39.8 Å². The maximum absolute atomic E-state index is 13.9. The molecule has 1 aromatic carbocycles. The summed E-state index contributed by atoms with van der Waals surface area (Å²) in [5.41, 5.74) is -0.0300. The average Bonchev–Trinajstić information content (AvgIpc) is 3.60. The van der Waals surface area contributed by atoms with Gasteiger partial charge in [-0.05, 0) is 58.4 Å². The minimum Gasteiger partial charge on any atom is -0.468 e. The molecule has 1 heterocycles. The second-order valence-electron chi connectivity index (χ2n) is 14.7. The average molecular weight is 755 g/mol. The molecule has 1 fully saturated rings. The molecular formula is C39H58N6O9. The molecule has 15 nitrogen and oxygen atoms in total. The molecule has 1 saturated heterocycles. The third-order valence-corrected chi connectivity index (χ3v) is 8.37. The molecule has 15 heteroatoms. The fraction of sp³-hybridized carbons (Fsp3) is 0.564. The van der Waals surface area contributed by atoms with Crippen molar-refractivity contribution < 1.29 is 43.0 Å². The summed E-state index contributed by atoms with van der Waals surface area (Å²) in [5.74, 6) is -3.44. The summed E-state index contributed by atoms with van der Waals surface area (Å²) in [6.45, 7) is 17.3. The Morgan fingerprint density at radius 2 is 1.54 bits per heavy atom. The van der Waals surface area contributed by atoms with E-state index in [9.17, 15) is 33.6 Å². The molecule has 4 atom stereocenters. The number of hydrogen-bond donors (Lipinski definition) is 3. The normalized spacial score (nSPS) is 15.6. The third kappa shape index (κ3) is 14.7. The van der Waals surface area contributed by atoms with Gasteiger partial charge in [0.2, 0.25) is 29.5 Å². The van der Waals surface area contributed by atoms with Gasteiger partial charge in [0.15, 0.2) is 0 Å². The molecule has 0 aromatic heterocycles. The van der Waals surface area contributed by atoms with E-state index in [1.165, 1.54) is 40.9 Å². The van der Waals surface area contributed by atoms with Gasteiger partial charge in [-0.1, -0.05) is 56.3 Å². The van der Waals surface area contributed by atoms with Crippen LogP contribution in [0.25, 0.3) is 0 Å². The molecule has 3 N–H and O–H groups in total. The number of nitrogens with zero attached hydrogens (tertiary/aromatic N) is 3. The van der Waals surface area contributed by atoms with Gasteiger partial charge in [0, 0.05) is 26.1 Å². The fourth-order valence-corrected chi connectivity index (χ4v) is 5.85. The van der Waals surface area contributed by atoms with Crippen LogP contribution in [0.5, 0.6) is 0 Å². The molecule has 298 valence electrons. The molecule has 0 saturated carbocycles. The highest BCUT2D eigenvalue weighted by Gasteiger charge is 2.39. The molecular weight excluding hydrogens is 696 g/mol. The molecule has 0 spiro atoms. The molecule has 1 aliphatic heterocycles. The van der Waals surface area contributed by atoms with Gasteiger partial charge in [-0.25, -0.2) is 4.79 Å². The molecule has 0 bridgehead atoms. The van der Waals surface area contributed by atoms with Crippen LogP contribution in [-0.2, 0) is 44.7 Å². The van der Waals surface area contributed by atoms with Gasteiger partial charge < -0.3 is 35.2 Å². The number of carbonyl (C=O) groups is 7. The first kappa shape index (κ1) is 44.9. The number of amides is 6. The van der Waals surface area contributed by atoms with Crippen molar-refractivity contribution >= 4 is 41.6 Å². The van der Waals surface area contributed by atoms with Crippen LogP contribution in [0.2, 0.25) is 0 Å². The molecule has 0 radical (unpaired) electrons. The minimum atomic E-state index is -1.11. The Bertz CT molecular complexity index is 1490. The number of esters is 1. The van der Waals surface area contributed by atoms with Gasteiger partial charge in [-0.2, -0.15) is 0 Å². The van der Waals surface area contributed by atoms with Crippen molar-refractivity contribution in [2.45, 2.75) is 97.0 Å². The summed E-state index contributed by atoms with van der Waals surface area (Å²) < 4.78 is 10.1. The first-order valence-corrected chi connectivity index (χ1v) is 18.2. The Morgan fingerprint density at radius 1 is 0.907 bits per heavy atom. The Hall–Kier alpha value is -5.21. The van der Waals surface area contributed by atoms with Crippen LogP contribution in [0.3, 0.4) is 0 Å². The standard InChI is InChI=1S/C39H58N6O9/c1-10-19-43(25-33(47)53-9)36(50)30(23-28-16-13-12-14-17-28)42-34(48)27(5)40-35(49)31-18-15-21-45(31)37(51)29(22-26(3)4)41-32(46)24-44(20-11-2)38(52)54-39(6,7)8/h10-14,16-17,26-27,29-31H,1-2,15,18-25H2,3-9H3,(H,40,49)(H,41,46)(H,42,48)/t27-,29-,30-,31-/m0/s1. The van der Waals surface area contributed by atoms with Gasteiger partial charge >= 0.3 is 12.1 Å². The zero-order valence-corrected chi connectivity index (χ0v) is 32.7. The van der Waals surface area contributed by atoms with E-state index in [-0.39, 0.29) is 51.5 Å². The van der Waals surface area contributed by atoms with Crippen LogP contribution < -0.4 is 16.0 Å². The van der Waals surface area contributed by atoms with Crippen LogP contribution in [0.1, 0.15) is 66.4 Å². The number of ether oxygens (including phenoxy) is 2. The van der Waals surface area contributed by atoms with Crippen molar-refractivity contribution in [3.8, 4) is 0 Å². The summed E-state index contributed by atoms with van der Waals surface area (Å²) in [6, 6.07) is 4.92. The second-order valence-corrected chi connectivity index (χ2v) is 14.7. The summed E-state index contributed by atoms with van der Waals surface area (Å²) in [4.78, 5) is 96.5. The molecule has 2 rings (SSSR count). The van der Waals surface area contributed by atoms with Crippen LogP contribution >= 0.6 is 0 Å². The van der Waals surface area contributed by atoms with Gasteiger partial charge in [-0.15, -0.1) is 13.2 Å². The second kappa shape index (κ2) is 21.5. The summed E-state index contributed by atoms with van der Waals surface area (Å²) in [7, 11) is 1.21. The van der Waals surface area contributed by atoms with Crippen molar-refractivity contribution in [2.24, 2.45) is 5.92 Å². The Kier molecular flexibility index (Phi) is 17.9. The van der Waals surface area contributed by atoms with E-state index >= 15 is 0 Å². The van der Waals surface area contributed by atoms with Crippen molar-refractivity contribution in [1.82, 2.24) is 30.7 Å². The zero-order valence-electron chi connectivity index (χ0n) is 32.7. The predicted molar refractivity (Wildman–Crippen MR) is 203 cm³/mol. The highest BCUT2D eigenvalue weighted by atomic mass is 16.6. The Balaban J connectivity index is 2.19. The van der Waals surface area contributed by atoms with Gasteiger partial charge in [0.05, 0.1) is 7.11 Å². The van der Waals surface area contributed by atoms with E-state index in [0.717, 1.165) is 5.56 Å². The number of likely N-dealkylation sites (tertiary alicyclic amines) is 1. The lowest BCUT2D eigenvalue weighted by Crippen LogP contribution is -2.58. The molecule has 54 heavy (non-hydrogen) atoms. The number of carbonyl (C=O) groups excluding carboxylic acids is 7.